The average molecular weight is 111 g/mol. The van der Waals surface area contributed by atoms with Crippen LogP contribution in [0.5, 0.6) is 0 Å². The topological polar surface area (TPSA) is 32.6 Å². The van der Waals surface area contributed by atoms with Crippen molar-refractivity contribution in [1.29, 1.82) is 0 Å². The van der Waals surface area contributed by atoms with E-state index in [1.807, 2.05) is 6.08 Å². The fourth-order valence-electron chi connectivity index (χ4n) is 0.653. The minimum atomic E-state index is -0.370. The number of hydrogen-bond donors (Lipinski definition) is 1. The van der Waals surface area contributed by atoms with Crippen LogP contribution in [0.1, 0.15) is 13.3 Å². The molecule has 0 radical (unpaired) electrons. The zero-order valence-electron chi connectivity index (χ0n) is 4.83. The van der Waals surface area contributed by atoms with Gasteiger partial charge in [0.05, 0.1) is 6.10 Å². The predicted octanol–water partition coefficient (Wildman–Crippen LogP) is 0.726. The lowest BCUT2D eigenvalue weighted by Crippen LogP contribution is -2.12. The van der Waals surface area contributed by atoms with E-state index in [-0.39, 0.29) is 6.10 Å². The Morgan fingerprint density at radius 3 is 2.88 bits per heavy atom. The summed E-state index contributed by atoms with van der Waals surface area (Å²) >= 11 is 0. The van der Waals surface area contributed by atoms with E-state index in [0.29, 0.717) is 0 Å². The van der Waals surface area contributed by atoms with Gasteiger partial charge in [-0.2, -0.15) is 0 Å². The van der Waals surface area contributed by atoms with E-state index in [1.54, 1.807) is 13.1 Å². The van der Waals surface area contributed by atoms with Crippen LogP contribution in [-0.4, -0.2) is 16.9 Å². The maximum Gasteiger partial charge on any atom is 0.0896 e. The molecule has 0 aromatic carbocycles. The zero-order valence-corrected chi connectivity index (χ0v) is 4.83. The first-order valence-corrected chi connectivity index (χ1v) is 2.70. The molecule has 0 aliphatic carbocycles. The molecule has 0 aromatic heterocycles. The van der Waals surface area contributed by atoms with Crippen molar-refractivity contribution in [2.24, 2.45) is 4.99 Å². The van der Waals surface area contributed by atoms with E-state index in [4.69, 9.17) is 5.11 Å². The Morgan fingerprint density at radius 2 is 2.62 bits per heavy atom. The lowest BCUT2D eigenvalue weighted by Gasteiger charge is -1.99. The van der Waals surface area contributed by atoms with Crippen molar-refractivity contribution in [3.63, 3.8) is 0 Å². The first-order chi connectivity index (χ1) is 3.80. The first-order valence-electron chi connectivity index (χ1n) is 2.70. The van der Waals surface area contributed by atoms with Crippen LogP contribution in [0, 0.1) is 0 Å². The molecule has 0 unspecified atom stereocenters. The fraction of sp³-hybridized carbons (Fsp3) is 0.500. The quantitative estimate of drug-likeness (QED) is 0.531. The highest BCUT2D eigenvalue weighted by Gasteiger charge is 2.05. The zero-order chi connectivity index (χ0) is 5.98. The molecule has 2 nitrogen and oxygen atoms in total. The molecule has 0 bridgehead atoms. The van der Waals surface area contributed by atoms with Crippen LogP contribution in [0.3, 0.4) is 0 Å². The van der Waals surface area contributed by atoms with Crippen LogP contribution >= 0.6 is 0 Å². The summed E-state index contributed by atoms with van der Waals surface area (Å²) in [7, 11) is 0. The van der Waals surface area contributed by atoms with E-state index < -0.39 is 0 Å². The van der Waals surface area contributed by atoms with E-state index in [9.17, 15) is 0 Å². The Labute approximate surface area is 48.6 Å². The summed E-state index contributed by atoms with van der Waals surface area (Å²) in [5.74, 6) is 0. The molecule has 2 heteroatoms. The molecule has 8 heavy (non-hydrogen) atoms. The first kappa shape index (κ1) is 5.51. The van der Waals surface area contributed by atoms with Gasteiger partial charge >= 0.3 is 0 Å². The predicted molar refractivity (Wildman–Crippen MR) is 32.9 cm³/mol. The largest absolute Gasteiger partial charge is 0.387 e. The number of aliphatic hydroxyl groups is 1. The second-order valence-electron chi connectivity index (χ2n) is 1.89. The van der Waals surface area contributed by atoms with Crippen molar-refractivity contribution in [1.82, 2.24) is 0 Å². The van der Waals surface area contributed by atoms with Gasteiger partial charge in [-0.25, -0.2) is 0 Å². The molecule has 0 saturated carbocycles. The van der Waals surface area contributed by atoms with Crippen molar-refractivity contribution in [2.45, 2.75) is 19.4 Å². The lowest BCUT2D eigenvalue weighted by atomic mass is 10.2. The minimum Gasteiger partial charge on any atom is -0.387 e. The van der Waals surface area contributed by atoms with Crippen LogP contribution in [0.4, 0.5) is 0 Å². The second kappa shape index (κ2) is 2.09. The molecule has 1 aliphatic heterocycles. The molecule has 1 heterocycles. The van der Waals surface area contributed by atoms with E-state index >= 15 is 0 Å². The van der Waals surface area contributed by atoms with Crippen LogP contribution < -0.4 is 0 Å². The maximum atomic E-state index is 8.88. The molecular weight excluding hydrogens is 102 g/mol. The fourth-order valence-corrected chi connectivity index (χ4v) is 0.653. The van der Waals surface area contributed by atoms with Gasteiger partial charge in [0.2, 0.25) is 0 Å². The van der Waals surface area contributed by atoms with Crippen molar-refractivity contribution < 1.29 is 5.11 Å². The SMILES string of the molecule is C[C@H](O)C1=NC=CC1. The van der Waals surface area contributed by atoms with E-state index in [1.165, 1.54) is 0 Å². The Balaban J connectivity index is 2.51. The molecule has 44 valence electrons. The van der Waals surface area contributed by atoms with Crippen LogP contribution in [0.15, 0.2) is 17.3 Å². The van der Waals surface area contributed by atoms with Crippen LogP contribution in [0.25, 0.3) is 0 Å². The summed E-state index contributed by atoms with van der Waals surface area (Å²) in [5.41, 5.74) is 0.866. The summed E-state index contributed by atoms with van der Waals surface area (Å²) in [6.45, 7) is 1.73. The normalized spacial score (nSPS) is 21.0. The minimum absolute atomic E-state index is 0.370. The van der Waals surface area contributed by atoms with Gasteiger partial charge in [0.15, 0.2) is 0 Å². The van der Waals surface area contributed by atoms with Gasteiger partial charge in [0, 0.05) is 18.3 Å². The number of aliphatic imine (C=N–C) groups is 1. The molecule has 1 rings (SSSR count). The standard InChI is InChI=1S/C6H9NO/c1-5(8)6-3-2-4-7-6/h2,4-5,8H,3H2,1H3/t5-/m0/s1. The van der Waals surface area contributed by atoms with Crippen molar-refractivity contribution in [2.75, 3.05) is 0 Å². The number of rotatable bonds is 1. The Morgan fingerprint density at radius 1 is 1.88 bits per heavy atom. The van der Waals surface area contributed by atoms with Crippen molar-refractivity contribution in [3.05, 3.63) is 12.3 Å². The number of hydrogen-bond acceptors (Lipinski definition) is 2. The highest BCUT2D eigenvalue weighted by Crippen LogP contribution is 2.02. The number of aliphatic hydroxyl groups excluding tert-OH is 1. The third-order valence-electron chi connectivity index (χ3n) is 1.16. The number of nitrogens with zero attached hydrogens (tertiary/aromatic N) is 1. The van der Waals surface area contributed by atoms with Crippen molar-refractivity contribution >= 4 is 5.71 Å². The highest BCUT2D eigenvalue weighted by atomic mass is 16.3. The summed E-state index contributed by atoms with van der Waals surface area (Å²) in [4.78, 5) is 3.92. The molecule has 0 spiro atoms. The molecule has 0 fully saturated rings. The van der Waals surface area contributed by atoms with Crippen molar-refractivity contribution in [3.8, 4) is 0 Å². The van der Waals surface area contributed by atoms with Gasteiger partial charge in [-0.3, -0.25) is 4.99 Å². The molecule has 0 amide bonds. The molecule has 1 N–H and O–H groups in total. The lowest BCUT2D eigenvalue weighted by molar-refractivity contribution is 0.261. The van der Waals surface area contributed by atoms with E-state index in [0.717, 1.165) is 12.1 Å². The number of allylic oxidation sites excluding steroid dienone is 1. The molecule has 0 aromatic rings. The molecule has 1 aliphatic rings. The second-order valence-corrected chi connectivity index (χ2v) is 1.89. The smallest absolute Gasteiger partial charge is 0.0896 e. The Kier molecular flexibility index (Phi) is 1.44. The van der Waals surface area contributed by atoms with Gasteiger partial charge in [-0.15, -0.1) is 0 Å². The summed E-state index contributed by atoms with van der Waals surface area (Å²) < 4.78 is 0. The summed E-state index contributed by atoms with van der Waals surface area (Å²) in [6.07, 6.45) is 4.10. The molecular formula is C6H9NO. The third kappa shape index (κ3) is 0.954. The Bertz CT molecular complexity index is 135. The van der Waals surface area contributed by atoms with Gasteiger partial charge in [0.1, 0.15) is 0 Å². The highest BCUT2D eigenvalue weighted by molar-refractivity contribution is 5.91. The maximum absolute atomic E-state index is 8.88. The average Bonchev–Trinajstić information content (AvgIpc) is 2.12. The van der Waals surface area contributed by atoms with E-state index in [2.05, 4.69) is 4.99 Å². The van der Waals surface area contributed by atoms with Gasteiger partial charge < -0.3 is 5.11 Å². The Hall–Kier alpha value is -0.630. The summed E-state index contributed by atoms with van der Waals surface area (Å²) in [6, 6.07) is 0. The monoisotopic (exact) mass is 111 g/mol. The van der Waals surface area contributed by atoms with Crippen LogP contribution in [-0.2, 0) is 0 Å². The molecule has 0 saturated heterocycles. The van der Waals surface area contributed by atoms with Gasteiger partial charge in [-0.05, 0) is 6.92 Å². The molecule has 1 atom stereocenters. The third-order valence-corrected chi connectivity index (χ3v) is 1.16. The van der Waals surface area contributed by atoms with Gasteiger partial charge in [-0.1, -0.05) is 6.08 Å². The van der Waals surface area contributed by atoms with Crippen LogP contribution in [0.2, 0.25) is 0 Å². The van der Waals surface area contributed by atoms with Gasteiger partial charge in [0.25, 0.3) is 0 Å². The summed E-state index contributed by atoms with van der Waals surface area (Å²) in [5, 5.41) is 8.88.